The van der Waals surface area contributed by atoms with E-state index in [4.69, 9.17) is 18.9 Å². The molecular formula is C28H42O5. The Hall–Kier alpha value is -1.19. The lowest BCUT2D eigenvalue weighted by molar-refractivity contribution is -0.197. The second-order valence-corrected chi connectivity index (χ2v) is 11.0. The van der Waals surface area contributed by atoms with Crippen LogP contribution in [0.4, 0.5) is 0 Å². The van der Waals surface area contributed by atoms with Gasteiger partial charge in [0.1, 0.15) is 5.78 Å². The van der Waals surface area contributed by atoms with Crippen LogP contribution in [0.2, 0.25) is 0 Å². The van der Waals surface area contributed by atoms with Crippen LogP contribution in [0.15, 0.2) is 12.2 Å². The van der Waals surface area contributed by atoms with Gasteiger partial charge in [-0.1, -0.05) is 26.0 Å². The first-order valence-corrected chi connectivity index (χ1v) is 13.1. The fraction of sp³-hybridized carbons (Fsp3) is 0.821. The molecule has 184 valence electrons. The molecule has 0 radical (unpaired) electrons. The van der Waals surface area contributed by atoms with Crippen molar-refractivity contribution in [1.29, 1.82) is 0 Å². The van der Waals surface area contributed by atoms with Gasteiger partial charge in [-0.2, -0.15) is 0 Å². The number of ether oxygens (including phenoxy) is 4. The third kappa shape index (κ3) is 6.48. The number of Topliss-reactive ketones (excluding diaryl/α,β-unsaturated/α-hetero) is 1. The Balaban J connectivity index is 1.51. The monoisotopic (exact) mass is 458 g/mol. The Kier molecular flexibility index (Phi) is 8.68. The number of carbonyl (C=O) groups is 1. The van der Waals surface area contributed by atoms with Crippen molar-refractivity contribution >= 4 is 5.78 Å². The van der Waals surface area contributed by atoms with Crippen LogP contribution in [0.3, 0.4) is 0 Å². The van der Waals surface area contributed by atoms with Crippen LogP contribution in [-0.2, 0) is 23.7 Å². The van der Waals surface area contributed by atoms with E-state index in [1.807, 2.05) is 6.92 Å². The van der Waals surface area contributed by atoms with Gasteiger partial charge in [0.15, 0.2) is 12.6 Å². The first-order chi connectivity index (χ1) is 16.0. The summed E-state index contributed by atoms with van der Waals surface area (Å²) < 4.78 is 24.8. The molecule has 7 atom stereocenters. The Morgan fingerprint density at radius 1 is 1.09 bits per heavy atom. The zero-order valence-electron chi connectivity index (χ0n) is 20.7. The summed E-state index contributed by atoms with van der Waals surface area (Å²) in [5, 5.41) is 0. The van der Waals surface area contributed by atoms with Gasteiger partial charge in [-0.05, 0) is 63.7 Å². The van der Waals surface area contributed by atoms with Gasteiger partial charge in [0.05, 0.1) is 12.2 Å². The highest BCUT2D eigenvalue weighted by Crippen LogP contribution is 2.49. The van der Waals surface area contributed by atoms with Crippen molar-refractivity contribution in [1.82, 2.24) is 0 Å². The molecule has 4 aliphatic rings. The molecule has 0 N–H and O–H groups in total. The van der Waals surface area contributed by atoms with Crippen LogP contribution >= 0.6 is 0 Å². The predicted octanol–water partition coefficient (Wildman–Crippen LogP) is 5.42. The number of ketones is 1. The number of rotatable bonds is 8. The first-order valence-electron chi connectivity index (χ1n) is 13.1. The molecule has 2 saturated carbocycles. The number of carbonyl (C=O) groups excluding carboxylic acids is 1. The van der Waals surface area contributed by atoms with E-state index >= 15 is 0 Å². The zero-order valence-corrected chi connectivity index (χ0v) is 20.7. The number of hydrogen-bond acceptors (Lipinski definition) is 5. The van der Waals surface area contributed by atoms with Gasteiger partial charge in [0, 0.05) is 43.8 Å². The Morgan fingerprint density at radius 3 is 2.48 bits per heavy atom. The minimum Gasteiger partial charge on any atom is -0.353 e. The molecular weight excluding hydrogens is 416 g/mol. The Morgan fingerprint density at radius 2 is 1.82 bits per heavy atom. The summed E-state index contributed by atoms with van der Waals surface area (Å²) in [6.07, 6.45) is 13.8. The molecule has 0 bridgehead atoms. The smallest absolute Gasteiger partial charge is 0.158 e. The molecule has 0 aromatic heterocycles. The lowest BCUT2D eigenvalue weighted by Crippen LogP contribution is -2.36. The van der Waals surface area contributed by atoms with Crippen LogP contribution in [0, 0.1) is 35.0 Å². The first kappa shape index (κ1) is 24.9. The van der Waals surface area contributed by atoms with Gasteiger partial charge < -0.3 is 18.9 Å². The summed E-state index contributed by atoms with van der Waals surface area (Å²) in [6, 6.07) is 0. The van der Waals surface area contributed by atoms with Crippen LogP contribution in [0.25, 0.3) is 0 Å². The summed E-state index contributed by atoms with van der Waals surface area (Å²) in [5.74, 6) is 7.70. The standard InChI is InChI=1S/C28H42O5/c1-4-5-14-28(2,3)25(33-27-11-7-9-16-31-27)13-12-22-23-19-21(29)17-20(23)18-24(22)32-26-10-6-8-15-30-26/h12-13,20,22-27H,6-11,14-19H2,1-3H3/b13-12+/t20-,22+,23-,24+,25+,26?,27?/m0/s1. The largest absolute Gasteiger partial charge is 0.353 e. The molecule has 5 nitrogen and oxygen atoms in total. The van der Waals surface area contributed by atoms with E-state index < -0.39 is 0 Å². The number of fused-ring (bicyclic) bond motifs is 1. The maximum Gasteiger partial charge on any atom is 0.158 e. The maximum atomic E-state index is 12.2. The van der Waals surface area contributed by atoms with E-state index in [1.54, 1.807) is 0 Å². The lowest BCUT2D eigenvalue weighted by Gasteiger charge is -2.35. The second-order valence-electron chi connectivity index (χ2n) is 11.0. The van der Waals surface area contributed by atoms with Crippen LogP contribution < -0.4 is 0 Å². The van der Waals surface area contributed by atoms with Crippen molar-refractivity contribution in [2.75, 3.05) is 13.2 Å². The third-order valence-corrected chi connectivity index (χ3v) is 7.92. The van der Waals surface area contributed by atoms with Crippen molar-refractivity contribution in [3.63, 3.8) is 0 Å². The van der Waals surface area contributed by atoms with Crippen molar-refractivity contribution in [3.8, 4) is 11.8 Å². The fourth-order valence-corrected chi connectivity index (χ4v) is 5.94. The summed E-state index contributed by atoms with van der Waals surface area (Å²) in [5.41, 5.74) is -0.146. The summed E-state index contributed by atoms with van der Waals surface area (Å²) >= 11 is 0. The van der Waals surface area contributed by atoms with E-state index in [-0.39, 0.29) is 36.1 Å². The summed E-state index contributed by atoms with van der Waals surface area (Å²) in [4.78, 5) is 12.2. The molecule has 2 aliphatic carbocycles. The van der Waals surface area contributed by atoms with Crippen molar-refractivity contribution in [3.05, 3.63) is 12.2 Å². The van der Waals surface area contributed by atoms with Crippen molar-refractivity contribution in [2.45, 2.75) is 110 Å². The quantitative estimate of drug-likeness (QED) is 0.359. The van der Waals surface area contributed by atoms with Crippen LogP contribution in [-0.4, -0.2) is 43.8 Å². The molecule has 2 saturated heterocycles. The second kappa shape index (κ2) is 11.5. The molecule has 2 unspecified atom stereocenters. The van der Waals surface area contributed by atoms with Crippen molar-refractivity contribution < 1.29 is 23.7 Å². The molecule has 5 heteroatoms. The van der Waals surface area contributed by atoms with Crippen LogP contribution in [0.5, 0.6) is 0 Å². The van der Waals surface area contributed by atoms with Gasteiger partial charge in [0.2, 0.25) is 0 Å². The molecule has 0 spiro atoms. The van der Waals surface area contributed by atoms with Gasteiger partial charge >= 0.3 is 0 Å². The normalized spacial score (nSPS) is 35.9. The minimum atomic E-state index is -0.158. The highest BCUT2D eigenvalue weighted by atomic mass is 16.7. The molecule has 0 aromatic rings. The van der Waals surface area contributed by atoms with Crippen molar-refractivity contribution in [2.24, 2.45) is 23.2 Å². The molecule has 33 heavy (non-hydrogen) atoms. The molecule has 2 aliphatic heterocycles. The average Bonchev–Trinajstić information content (AvgIpc) is 3.32. The third-order valence-electron chi connectivity index (χ3n) is 7.92. The van der Waals surface area contributed by atoms with E-state index in [0.717, 1.165) is 64.6 Å². The Labute approximate surface area is 199 Å². The lowest BCUT2D eigenvalue weighted by atomic mass is 9.81. The molecule has 0 amide bonds. The molecule has 4 rings (SSSR count). The number of hydrogen-bond donors (Lipinski definition) is 0. The highest BCUT2D eigenvalue weighted by molar-refractivity contribution is 5.81. The molecule has 2 heterocycles. The minimum absolute atomic E-state index is 0.104. The molecule has 0 aromatic carbocycles. The SMILES string of the molecule is CC#CCC(C)(C)[C@@H](/C=C/[C@@H]1[C@H]2CC(=O)C[C@H]2C[C@H]1OC1CCCCO1)OC1CCCCO1. The van der Waals surface area contributed by atoms with E-state index in [0.29, 0.717) is 30.5 Å². The van der Waals surface area contributed by atoms with Gasteiger partial charge in [-0.15, -0.1) is 11.8 Å². The van der Waals surface area contributed by atoms with Gasteiger partial charge in [-0.25, -0.2) is 0 Å². The maximum absolute atomic E-state index is 12.2. The van der Waals surface area contributed by atoms with E-state index in [9.17, 15) is 4.79 Å². The van der Waals surface area contributed by atoms with Gasteiger partial charge in [-0.3, -0.25) is 4.79 Å². The van der Waals surface area contributed by atoms with Crippen LogP contribution in [0.1, 0.15) is 85.0 Å². The zero-order chi connectivity index (χ0) is 23.3. The summed E-state index contributed by atoms with van der Waals surface area (Å²) in [7, 11) is 0. The Bertz CT molecular complexity index is 735. The van der Waals surface area contributed by atoms with E-state index in [2.05, 4.69) is 37.8 Å². The predicted molar refractivity (Wildman–Crippen MR) is 127 cm³/mol. The van der Waals surface area contributed by atoms with Gasteiger partial charge in [0.25, 0.3) is 0 Å². The average molecular weight is 459 g/mol. The highest BCUT2D eigenvalue weighted by Gasteiger charge is 2.48. The fourth-order valence-electron chi connectivity index (χ4n) is 5.94. The topological polar surface area (TPSA) is 54.0 Å². The molecule has 4 fully saturated rings. The van der Waals surface area contributed by atoms with E-state index in [1.165, 1.54) is 0 Å². The summed E-state index contributed by atoms with van der Waals surface area (Å²) in [6.45, 7) is 7.87.